The van der Waals surface area contributed by atoms with E-state index in [4.69, 9.17) is 0 Å². The maximum atomic E-state index is 11.1. The van der Waals surface area contributed by atoms with Crippen molar-refractivity contribution in [1.82, 2.24) is 0 Å². The molecule has 0 heterocycles. The summed E-state index contributed by atoms with van der Waals surface area (Å²) in [4.78, 5) is 0. The third-order valence-electron chi connectivity index (χ3n) is 5.08. The standard InChI is InChI=1S/C20H40O2Si2/c1-11-19(21,12-2)17(23(5,6)7)15-16-18(24(8,9)10)20(22,13-3)14-4/h21-22H,11-14H2,1-10H3. The highest BCUT2D eigenvalue weighted by atomic mass is 28.3. The lowest BCUT2D eigenvalue weighted by Gasteiger charge is -2.35. The van der Waals surface area contributed by atoms with Crippen LogP contribution in [0.15, 0.2) is 21.9 Å². The summed E-state index contributed by atoms with van der Waals surface area (Å²) in [5.74, 6) is 0. The lowest BCUT2D eigenvalue weighted by Crippen LogP contribution is -2.42. The van der Waals surface area contributed by atoms with E-state index in [1.165, 1.54) is 0 Å². The molecular formula is C20H40O2Si2. The Morgan fingerprint density at radius 3 is 0.958 bits per heavy atom. The Bertz CT molecular complexity index is 467. The van der Waals surface area contributed by atoms with Crippen molar-refractivity contribution in [3.8, 4) is 0 Å². The van der Waals surface area contributed by atoms with Crippen LogP contribution < -0.4 is 0 Å². The molecule has 0 amide bonds. The van der Waals surface area contributed by atoms with Crippen molar-refractivity contribution < 1.29 is 10.2 Å². The van der Waals surface area contributed by atoms with Crippen LogP contribution in [0.2, 0.25) is 39.3 Å². The smallest absolute Gasteiger partial charge is 0.0894 e. The van der Waals surface area contributed by atoms with Crippen LogP contribution in [0.1, 0.15) is 53.4 Å². The summed E-state index contributed by atoms with van der Waals surface area (Å²) in [5.41, 5.74) is 5.18. The van der Waals surface area contributed by atoms with E-state index in [1.54, 1.807) is 0 Å². The topological polar surface area (TPSA) is 40.5 Å². The number of aliphatic hydroxyl groups is 2. The van der Waals surface area contributed by atoms with Crippen molar-refractivity contribution in [1.29, 1.82) is 0 Å². The van der Waals surface area contributed by atoms with Gasteiger partial charge in [0.05, 0.1) is 27.3 Å². The zero-order chi connectivity index (χ0) is 19.4. The normalized spacial score (nSPS) is 13.3. The van der Waals surface area contributed by atoms with Gasteiger partial charge in [-0.25, -0.2) is 0 Å². The van der Waals surface area contributed by atoms with Crippen LogP contribution in [0.4, 0.5) is 0 Å². The summed E-state index contributed by atoms with van der Waals surface area (Å²) in [7, 11) is -3.51. The second kappa shape index (κ2) is 8.36. The van der Waals surface area contributed by atoms with Crippen molar-refractivity contribution in [2.45, 2.75) is 104 Å². The van der Waals surface area contributed by atoms with Crippen molar-refractivity contribution in [2.24, 2.45) is 0 Å². The van der Waals surface area contributed by atoms with Crippen LogP contribution in [0.3, 0.4) is 0 Å². The zero-order valence-corrected chi connectivity index (χ0v) is 19.7. The summed E-state index contributed by atoms with van der Waals surface area (Å²) in [6.07, 6.45) is 2.75. The molecule has 0 spiro atoms. The highest BCUT2D eigenvalue weighted by Crippen LogP contribution is 2.33. The van der Waals surface area contributed by atoms with Crippen molar-refractivity contribution in [3.05, 3.63) is 21.9 Å². The summed E-state index contributed by atoms with van der Waals surface area (Å²) in [6.45, 7) is 21.6. The van der Waals surface area contributed by atoms with Gasteiger partial charge in [0.2, 0.25) is 0 Å². The number of hydrogen-bond acceptors (Lipinski definition) is 2. The molecular weight excluding hydrogens is 328 g/mol. The van der Waals surface area contributed by atoms with E-state index in [2.05, 4.69) is 50.7 Å². The fourth-order valence-electron chi connectivity index (χ4n) is 3.34. The van der Waals surface area contributed by atoms with Crippen molar-refractivity contribution >= 4 is 16.1 Å². The molecule has 2 N–H and O–H groups in total. The quantitative estimate of drug-likeness (QED) is 0.442. The van der Waals surface area contributed by atoms with Gasteiger partial charge in [-0.15, -0.1) is 0 Å². The lowest BCUT2D eigenvalue weighted by atomic mass is 9.96. The average molecular weight is 369 g/mol. The molecule has 0 saturated heterocycles. The van der Waals surface area contributed by atoms with Gasteiger partial charge in [0.25, 0.3) is 0 Å². The molecule has 4 heteroatoms. The molecule has 0 bridgehead atoms. The fourth-order valence-corrected chi connectivity index (χ4v) is 7.71. The van der Waals surface area contributed by atoms with E-state index >= 15 is 0 Å². The molecule has 0 aliphatic carbocycles. The average Bonchev–Trinajstić information content (AvgIpc) is 2.47. The van der Waals surface area contributed by atoms with E-state index in [9.17, 15) is 10.2 Å². The van der Waals surface area contributed by atoms with Gasteiger partial charge in [0.15, 0.2) is 0 Å². The molecule has 0 atom stereocenters. The van der Waals surface area contributed by atoms with E-state index in [1.807, 2.05) is 27.7 Å². The van der Waals surface area contributed by atoms with Crippen LogP contribution in [0, 0.1) is 0 Å². The highest BCUT2D eigenvalue weighted by molar-refractivity contribution is 6.84. The van der Waals surface area contributed by atoms with E-state index in [0.29, 0.717) is 25.7 Å². The summed E-state index contributed by atoms with van der Waals surface area (Å²) < 4.78 is 0. The minimum absolute atomic E-state index is 0.686. The molecule has 0 aromatic rings. The van der Waals surface area contributed by atoms with E-state index in [0.717, 1.165) is 10.4 Å². The monoisotopic (exact) mass is 368 g/mol. The van der Waals surface area contributed by atoms with Gasteiger partial charge in [-0.05, 0) is 36.1 Å². The van der Waals surface area contributed by atoms with Crippen LogP contribution in [0.25, 0.3) is 0 Å². The van der Waals surface area contributed by atoms with Gasteiger partial charge >= 0.3 is 0 Å². The Kier molecular flexibility index (Phi) is 8.24. The van der Waals surface area contributed by atoms with Gasteiger partial charge in [-0.2, -0.15) is 0 Å². The van der Waals surface area contributed by atoms with Crippen LogP contribution in [-0.4, -0.2) is 37.6 Å². The summed E-state index contributed by atoms with van der Waals surface area (Å²) in [6, 6.07) is 0. The molecule has 0 aromatic heterocycles. The first-order valence-electron chi connectivity index (χ1n) is 9.44. The van der Waals surface area contributed by atoms with Gasteiger partial charge < -0.3 is 10.2 Å². The Morgan fingerprint density at radius 2 is 0.833 bits per heavy atom. The fraction of sp³-hybridized carbons (Fsp3) is 0.800. The SMILES string of the molecule is CCC(O)(CC)C(=C=C=C(C(O)(CC)CC)[Si](C)(C)C)[Si](C)(C)C. The third kappa shape index (κ3) is 5.59. The van der Waals surface area contributed by atoms with Crippen LogP contribution in [-0.2, 0) is 0 Å². The van der Waals surface area contributed by atoms with Crippen LogP contribution in [0.5, 0.6) is 0 Å². The molecule has 0 aliphatic rings. The molecule has 140 valence electrons. The van der Waals surface area contributed by atoms with Crippen LogP contribution >= 0.6 is 0 Å². The molecule has 0 fully saturated rings. The first kappa shape index (κ1) is 23.7. The number of hydrogen-bond donors (Lipinski definition) is 2. The minimum atomic E-state index is -1.76. The highest BCUT2D eigenvalue weighted by Gasteiger charge is 2.38. The lowest BCUT2D eigenvalue weighted by molar-refractivity contribution is 0.0754. The first-order valence-corrected chi connectivity index (χ1v) is 16.4. The molecule has 24 heavy (non-hydrogen) atoms. The third-order valence-corrected chi connectivity index (χ3v) is 9.26. The Labute approximate surface area is 152 Å². The zero-order valence-electron chi connectivity index (χ0n) is 17.7. The second-order valence-corrected chi connectivity index (χ2v) is 19.0. The summed E-state index contributed by atoms with van der Waals surface area (Å²) in [5, 5.41) is 24.2. The van der Waals surface area contributed by atoms with Gasteiger partial charge in [0, 0.05) is 0 Å². The predicted octanol–water partition coefficient (Wildman–Crippen LogP) is 5.45. The largest absolute Gasteiger partial charge is 0.385 e. The van der Waals surface area contributed by atoms with Gasteiger partial charge in [0.1, 0.15) is 0 Å². The molecule has 0 radical (unpaired) electrons. The second-order valence-electron chi connectivity index (χ2n) is 8.98. The molecule has 0 unspecified atom stereocenters. The summed E-state index contributed by atoms with van der Waals surface area (Å²) >= 11 is 0. The Morgan fingerprint density at radius 1 is 0.625 bits per heavy atom. The minimum Gasteiger partial charge on any atom is -0.385 e. The van der Waals surface area contributed by atoms with Gasteiger partial charge in [-0.1, -0.05) is 78.4 Å². The van der Waals surface area contributed by atoms with E-state index in [-0.39, 0.29) is 0 Å². The Balaban J connectivity index is 6.91. The van der Waals surface area contributed by atoms with E-state index < -0.39 is 27.3 Å². The molecule has 0 aliphatic heterocycles. The molecule has 0 saturated carbocycles. The van der Waals surface area contributed by atoms with Crippen molar-refractivity contribution in [3.63, 3.8) is 0 Å². The maximum absolute atomic E-state index is 11.1. The molecule has 0 rings (SSSR count). The predicted molar refractivity (Wildman–Crippen MR) is 112 cm³/mol. The first-order chi connectivity index (χ1) is 10.7. The molecule has 0 aromatic carbocycles. The van der Waals surface area contributed by atoms with Crippen molar-refractivity contribution in [2.75, 3.05) is 0 Å². The number of rotatable bonds is 8. The molecule has 2 nitrogen and oxygen atoms in total. The maximum Gasteiger partial charge on any atom is 0.0894 e. The van der Waals surface area contributed by atoms with Gasteiger partial charge in [-0.3, -0.25) is 0 Å². The Hall–Kier alpha value is -0.346.